The fourth-order valence-electron chi connectivity index (χ4n) is 3.12. The van der Waals surface area contributed by atoms with Crippen molar-refractivity contribution < 1.29 is 4.79 Å². The van der Waals surface area contributed by atoms with Gasteiger partial charge in [0.25, 0.3) is 0 Å². The highest BCUT2D eigenvalue weighted by Crippen LogP contribution is 2.42. The summed E-state index contributed by atoms with van der Waals surface area (Å²) in [5.41, 5.74) is -0.534. The molecule has 1 saturated heterocycles. The van der Waals surface area contributed by atoms with Crippen LogP contribution in [0.1, 0.15) is 6.42 Å². The number of carbonyl (C=O) groups excluding carboxylic acids is 1. The highest BCUT2D eigenvalue weighted by molar-refractivity contribution is 6.16. The zero-order chi connectivity index (χ0) is 12.2. The molecule has 3 nitrogen and oxygen atoms in total. The third kappa shape index (κ3) is 1.09. The molecule has 0 radical (unpaired) electrons. The maximum atomic E-state index is 12.4. The number of fused-ring (bicyclic) bond motifs is 3. The van der Waals surface area contributed by atoms with Crippen LogP contribution in [-0.4, -0.2) is 11.7 Å². The molecule has 18 heavy (non-hydrogen) atoms. The first kappa shape index (κ1) is 9.83. The molecular weight excluding hydrogens is 224 g/mol. The second-order valence-electron chi connectivity index (χ2n) is 4.99. The Morgan fingerprint density at radius 3 is 2.67 bits per heavy atom. The van der Waals surface area contributed by atoms with Gasteiger partial charge in [0.05, 0.1) is 5.41 Å². The summed E-state index contributed by atoms with van der Waals surface area (Å²) in [7, 11) is 0. The molecule has 1 atom stereocenters. The van der Waals surface area contributed by atoms with Crippen LogP contribution in [-0.2, 0) is 4.79 Å². The Kier molecular flexibility index (Phi) is 1.74. The monoisotopic (exact) mass is 236 g/mol. The van der Waals surface area contributed by atoms with Gasteiger partial charge in [-0.2, -0.15) is 0 Å². The van der Waals surface area contributed by atoms with Crippen molar-refractivity contribution in [3.63, 3.8) is 0 Å². The number of hydrogen-bond donors (Lipinski definition) is 1. The minimum atomic E-state index is -0.534. The number of nitrogens with one attached hydrogen (secondary N) is 1. The minimum absolute atomic E-state index is 0.0474. The molecule has 0 aromatic heterocycles. The van der Waals surface area contributed by atoms with Crippen LogP contribution in [0.4, 0.5) is 0 Å². The number of amidine groups is 1. The summed E-state index contributed by atoms with van der Waals surface area (Å²) in [4.78, 5) is 16.6. The Morgan fingerprint density at radius 1 is 1.22 bits per heavy atom. The van der Waals surface area contributed by atoms with Crippen molar-refractivity contribution in [1.82, 2.24) is 5.32 Å². The lowest BCUT2D eigenvalue weighted by atomic mass is 9.76. The number of benzene rings is 1. The number of carbonyl (C=O) groups is 1. The van der Waals surface area contributed by atoms with E-state index in [2.05, 4.69) is 34.6 Å². The number of allylic oxidation sites excluding steroid dienone is 1. The van der Waals surface area contributed by atoms with E-state index in [0.29, 0.717) is 0 Å². The van der Waals surface area contributed by atoms with Crippen LogP contribution in [0.25, 0.3) is 12.2 Å². The summed E-state index contributed by atoms with van der Waals surface area (Å²) < 4.78 is 0. The van der Waals surface area contributed by atoms with Gasteiger partial charge in [-0.05, 0) is 16.9 Å². The molecule has 2 aliphatic heterocycles. The smallest absolute Gasteiger partial charge is 0.240 e. The van der Waals surface area contributed by atoms with Gasteiger partial charge in [0, 0.05) is 12.1 Å². The highest BCUT2D eigenvalue weighted by Gasteiger charge is 2.51. The van der Waals surface area contributed by atoms with E-state index in [1.165, 1.54) is 0 Å². The molecule has 3 aliphatic rings. The van der Waals surface area contributed by atoms with Gasteiger partial charge >= 0.3 is 0 Å². The lowest BCUT2D eigenvalue weighted by molar-refractivity contribution is -0.123. The van der Waals surface area contributed by atoms with Gasteiger partial charge in [0.2, 0.25) is 5.91 Å². The first-order chi connectivity index (χ1) is 8.79. The van der Waals surface area contributed by atoms with Crippen molar-refractivity contribution in [3.8, 4) is 0 Å². The minimum Gasteiger partial charge on any atom is -0.313 e. The van der Waals surface area contributed by atoms with Crippen molar-refractivity contribution in [3.05, 3.63) is 47.0 Å². The molecular formula is C15H12N2O. The molecule has 1 amide bonds. The number of nitrogens with zero attached hydrogens (tertiary/aromatic N) is 1. The third-order valence-electron chi connectivity index (χ3n) is 4.02. The van der Waals surface area contributed by atoms with E-state index >= 15 is 0 Å². The van der Waals surface area contributed by atoms with Crippen LogP contribution in [0.5, 0.6) is 0 Å². The molecule has 1 N–H and O–H groups in total. The Balaban J connectivity index is 1.96. The van der Waals surface area contributed by atoms with Gasteiger partial charge in [-0.1, -0.05) is 42.5 Å². The maximum absolute atomic E-state index is 12.4. The number of hydrogen-bond acceptors (Lipinski definition) is 2. The van der Waals surface area contributed by atoms with Crippen LogP contribution < -0.4 is 15.8 Å². The fraction of sp³-hybridized carbons (Fsp3) is 0.200. The SMILES string of the molecule is O=C1NC2=NC=CCC2C12C=c1ccccc1=C2. The van der Waals surface area contributed by atoms with Gasteiger partial charge in [0.1, 0.15) is 5.84 Å². The summed E-state index contributed by atoms with van der Waals surface area (Å²) >= 11 is 0. The maximum Gasteiger partial charge on any atom is 0.240 e. The van der Waals surface area contributed by atoms with Crippen LogP contribution in [0.2, 0.25) is 0 Å². The van der Waals surface area contributed by atoms with E-state index in [1.54, 1.807) is 6.20 Å². The molecule has 1 aliphatic carbocycles. The summed E-state index contributed by atoms with van der Waals surface area (Å²) in [6, 6.07) is 8.12. The Morgan fingerprint density at radius 2 is 1.94 bits per heavy atom. The van der Waals surface area contributed by atoms with Crippen molar-refractivity contribution in [1.29, 1.82) is 0 Å². The quantitative estimate of drug-likeness (QED) is 0.692. The van der Waals surface area contributed by atoms with E-state index < -0.39 is 5.41 Å². The van der Waals surface area contributed by atoms with Crippen molar-refractivity contribution in [2.45, 2.75) is 6.42 Å². The Hall–Kier alpha value is -2.16. The zero-order valence-electron chi connectivity index (χ0n) is 9.76. The Labute approximate surface area is 104 Å². The summed E-state index contributed by atoms with van der Waals surface area (Å²) in [5, 5.41) is 5.20. The molecule has 1 aromatic rings. The van der Waals surface area contributed by atoms with E-state index in [1.807, 2.05) is 18.2 Å². The van der Waals surface area contributed by atoms with Crippen molar-refractivity contribution in [2.24, 2.45) is 16.3 Å². The molecule has 1 spiro atoms. The average molecular weight is 236 g/mol. The van der Waals surface area contributed by atoms with Gasteiger partial charge < -0.3 is 5.32 Å². The molecule has 3 heteroatoms. The zero-order valence-corrected chi connectivity index (χ0v) is 9.76. The normalized spacial score (nSPS) is 25.9. The molecule has 1 unspecified atom stereocenters. The summed E-state index contributed by atoms with van der Waals surface area (Å²) in [6.45, 7) is 0. The van der Waals surface area contributed by atoms with Gasteiger partial charge in [-0.15, -0.1) is 0 Å². The van der Waals surface area contributed by atoms with Gasteiger partial charge in [-0.3, -0.25) is 4.79 Å². The predicted molar refractivity (Wildman–Crippen MR) is 69.9 cm³/mol. The lowest BCUT2D eigenvalue weighted by Gasteiger charge is -2.23. The van der Waals surface area contributed by atoms with E-state index in [-0.39, 0.29) is 11.8 Å². The number of amides is 1. The standard InChI is InChI=1S/C15H12N2O/c18-14-15(12-6-3-7-16-13(12)17-14)8-10-4-1-2-5-11(10)9-15/h1-5,7-9,12H,6H2,(H,16,17,18). The largest absolute Gasteiger partial charge is 0.313 e. The first-order valence-corrected chi connectivity index (χ1v) is 6.15. The number of aliphatic imine (C=N–C) groups is 1. The number of rotatable bonds is 0. The third-order valence-corrected chi connectivity index (χ3v) is 4.02. The Bertz CT molecular complexity index is 692. The molecule has 1 fully saturated rings. The van der Waals surface area contributed by atoms with Crippen LogP contribution in [0.15, 0.2) is 41.5 Å². The molecule has 2 heterocycles. The average Bonchev–Trinajstić information content (AvgIpc) is 2.90. The van der Waals surface area contributed by atoms with Crippen molar-refractivity contribution >= 4 is 23.9 Å². The fourth-order valence-corrected chi connectivity index (χ4v) is 3.12. The second-order valence-corrected chi connectivity index (χ2v) is 4.99. The molecule has 88 valence electrons. The van der Waals surface area contributed by atoms with Gasteiger partial charge in [-0.25, -0.2) is 4.99 Å². The predicted octanol–water partition coefficient (Wildman–Crippen LogP) is 0.309. The van der Waals surface area contributed by atoms with E-state index in [9.17, 15) is 4.79 Å². The van der Waals surface area contributed by atoms with Crippen LogP contribution in [0.3, 0.4) is 0 Å². The van der Waals surface area contributed by atoms with E-state index in [0.717, 1.165) is 22.7 Å². The lowest BCUT2D eigenvalue weighted by Crippen LogP contribution is -2.29. The molecule has 1 aromatic carbocycles. The highest BCUT2D eigenvalue weighted by atomic mass is 16.2. The molecule has 4 rings (SSSR count). The van der Waals surface area contributed by atoms with Crippen LogP contribution >= 0.6 is 0 Å². The van der Waals surface area contributed by atoms with Crippen LogP contribution in [0, 0.1) is 11.3 Å². The second kappa shape index (κ2) is 3.19. The van der Waals surface area contributed by atoms with E-state index in [4.69, 9.17) is 0 Å². The molecule has 0 bridgehead atoms. The first-order valence-electron chi connectivity index (χ1n) is 6.15. The van der Waals surface area contributed by atoms with Crippen molar-refractivity contribution in [2.75, 3.05) is 0 Å². The molecule has 0 saturated carbocycles. The summed E-state index contributed by atoms with van der Waals surface area (Å²) in [6.07, 6.45) is 8.83. The topological polar surface area (TPSA) is 41.5 Å². The van der Waals surface area contributed by atoms with Gasteiger partial charge in [0.15, 0.2) is 0 Å². The summed E-state index contributed by atoms with van der Waals surface area (Å²) in [5.74, 6) is 0.983.